The lowest BCUT2D eigenvalue weighted by atomic mass is 9.91. The van der Waals surface area contributed by atoms with Gasteiger partial charge in [0.05, 0.1) is 12.5 Å². The van der Waals surface area contributed by atoms with Gasteiger partial charge in [-0.2, -0.15) is 0 Å². The fraction of sp³-hybridized carbons (Fsp3) is 0.800. The van der Waals surface area contributed by atoms with E-state index < -0.39 is 11.9 Å². The van der Waals surface area contributed by atoms with Gasteiger partial charge in [-0.25, -0.2) is 4.79 Å². The Balaban J connectivity index is 1.80. The van der Waals surface area contributed by atoms with E-state index in [0.717, 1.165) is 32.4 Å². The summed E-state index contributed by atoms with van der Waals surface area (Å²) in [4.78, 5) is 38.6. The molecule has 7 heteroatoms. The Kier molecular flexibility index (Phi) is 5.63. The number of hydrogen-bond donors (Lipinski definition) is 2. The van der Waals surface area contributed by atoms with Gasteiger partial charge in [-0.3, -0.25) is 9.59 Å². The molecule has 0 saturated carbocycles. The van der Waals surface area contributed by atoms with E-state index >= 15 is 0 Å². The molecule has 2 rings (SSSR count). The maximum Gasteiger partial charge on any atom is 0.317 e. The number of likely N-dealkylation sites (tertiary alicyclic amines) is 2. The number of urea groups is 1. The van der Waals surface area contributed by atoms with Crippen LogP contribution in [-0.4, -0.2) is 65.5 Å². The van der Waals surface area contributed by atoms with Gasteiger partial charge in [0.1, 0.15) is 0 Å². The molecule has 0 aromatic heterocycles. The lowest BCUT2D eigenvalue weighted by Gasteiger charge is -2.34. The number of nitrogens with one attached hydrogen (secondary N) is 1. The number of carbonyl (C=O) groups excluding carboxylic acids is 2. The van der Waals surface area contributed by atoms with Crippen LogP contribution in [0.15, 0.2) is 0 Å². The normalized spacial score (nSPS) is 25.7. The second kappa shape index (κ2) is 7.47. The standard InChI is InChI=1S/C15H25N3O4/c1-11-7-12(14(20)21)10-18(9-11)15(22)16-8-13(19)17-5-3-2-4-6-17/h11-12H,2-10H2,1H3,(H,16,22)(H,20,21). The number of amides is 3. The van der Waals surface area contributed by atoms with Crippen molar-refractivity contribution < 1.29 is 19.5 Å². The third-order valence-electron chi connectivity index (χ3n) is 4.40. The molecule has 7 nitrogen and oxygen atoms in total. The van der Waals surface area contributed by atoms with Gasteiger partial charge in [0.25, 0.3) is 0 Å². The molecule has 0 aromatic rings. The lowest BCUT2D eigenvalue weighted by Crippen LogP contribution is -2.51. The zero-order valence-corrected chi connectivity index (χ0v) is 13.1. The van der Waals surface area contributed by atoms with Gasteiger partial charge in [-0.1, -0.05) is 6.92 Å². The van der Waals surface area contributed by atoms with E-state index in [1.165, 1.54) is 4.90 Å². The zero-order chi connectivity index (χ0) is 16.1. The Morgan fingerprint density at radius 2 is 1.77 bits per heavy atom. The highest BCUT2D eigenvalue weighted by Gasteiger charge is 2.32. The molecule has 2 unspecified atom stereocenters. The number of carboxylic acids is 1. The summed E-state index contributed by atoms with van der Waals surface area (Å²) < 4.78 is 0. The van der Waals surface area contributed by atoms with Gasteiger partial charge in [0.2, 0.25) is 5.91 Å². The number of piperidine rings is 2. The Bertz CT molecular complexity index is 435. The van der Waals surface area contributed by atoms with Crippen LogP contribution in [0.5, 0.6) is 0 Å². The molecule has 124 valence electrons. The molecule has 0 aromatic carbocycles. The minimum Gasteiger partial charge on any atom is -0.481 e. The van der Waals surface area contributed by atoms with E-state index in [-0.39, 0.29) is 30.9 Å². The summed E-state index contributed by atoms with van der Waals surface area (Å²) in [7, 11) is 0. The van der Waals surface area contributed by atoms with Gasteiger partial charge in [0.15, 0.2) is 0 Å². The SMILES string of the molecule is CC1CC(C(=O)O)CN(C(=O)NCC(=O)N2CCCCC2)C1. The largest absolute Gasteiger partial charge is 0.481 e. The molecule has 3 amide bonds. The smallest absolute Gasteiger partial charge is 0.317 e. The summed E-state index contributed by atoms with van der Waals surface area (Å²) in [6, 6.07) is -0.344. The Labute approximate surface area is 130 Å². The average molecular weight is 311 g/mol. The van der Waals surface area contributed by atoms with Crippen molar-refractivity contribution in [3.63, 3.8) is 0 Å². The van der Waals surface area contributed by atoms with Gasteiger partial charge in [0, 0.05) is 26.2 Å². The molecule has 2 fully saturated rings. The van der Waals surface area contributed by atoms with Crippen LogP contribution in [0.2, 0.25) is 0 Å². The topological polar surface area (TPSA) is 90.0 Å². The van der Waals surface area contributed by atoms with Crippen LogP contribution in [0, 0.1) is 11.8 Å². The average Bonchev–Trinajstić information content (AvgIpc) is 2.52. The summed E-state index contributed by atoms with van der Waals surface area (Å²) >= 11 is 0. The van der Waals surface area contributed by atoms with Crippen molar-refractivity contribution in [3.8, 4) is 0 Å². The Hall–Kier alpha value is -1.79. The zero-order valence-electron chi connectivity index (χ0n) is 13.1. The van der Waals surface area contributed by atoms with Crippen LogP contribution in [0.3, 0.4) is 0 Å². The molecule has 2 N–H and O–H groups in total. The van der Waals surface area contributed by atoms with Crippen LogP contribution in [0.25, 0.3) is 0 Å². The van der Waals surface area contributed by atoms with Crippen molar-refractivity contribution in [2.24, 2.45) is 11.8 Å². The maximum atomic E-state index is 12.2. The third kappa shape index (κ3) is 4.35. The van der Waals surface area contributed by atoms with Crippen LogP contribution >= 0.6 is 0 Å². The molecule has 0 bridgehead atoms. The quantitative estimate of drug-likeness (QED) is 0.805. The van der Waals surface area contributed by atoms with Crippen LogP contribution in [0.4, 0.5) is 4.79 Å². The van der Waals surface area contributed by atoms with E-state index in [4.69, 9.17) is 5.11 Å². The van der Waals surface area contributed by atoms with E-state index in [1.54, 1.807) is 4.90 Å². The maximum absolute atomic E-state index is 12.2. The highest BCUT2D eigenvalue weighted by Crippen LogP contribution is 2.21. The second-order valence-corrected chi connectivity index (χ2v) is 6.38. The Morgan fingerprint density at radius 1 is 1.09 bits per heavy atom. The first-order valence-electron chi connectivity index (χ1n) is 8.00. The number of carbonyl (C=O) groups is 3. The number of carboxylic acid groups (broad SMARTS) is 1. The molecule has 2 atom stereocenters. The molecule has 2 aliphatic rings. The first-order chi connectivity index (χ1) is 10.5. The van der Waals surface area contributed by atoms with Crippen molar-refractivity contribution in [1.82, 2.24) is 15.1 Å². The number of aliphatic carboxylic acids is 1. The van der Waals surface area contributed by atoms with Crippen molar-refractivity contribution in [2.45, 2.75) is 32.6 Å². The lowest BCUT2D eigenvalue weighted by molar-refractivity contribution is -0.143. The summed E-state index contributed by atoms with van der Waals surface area (Å²) in [6.07, 6.45) is 3.78. The summed E-state index contributed by atoms with van der Waals surface area (Å²) in [6.45, 7) is 4.19. The molecule has 0 spiro atoms. The minimum atomic E-state index is -0.867. The molecule has 2 heterocycles. The molecule has 0 radical (unpaired) electrons. The number of nitrogens with zero attached hydrogens (tertiary/aromatic N) is 2. The number of rotatable bonds is 3. The van der Waals surface area contributed by atoms with Crippen molar-refractivity contribution in [2.75, 3.05) is 32.7 Å². The van der Waals surface area contributed by atoms with Crippen LogP contribution in [0.1, 0.15) is 32.6 Å². The second-order valence-electron chi connectivity index (χ2n) is 6.38. The van der Waals surface area contributed by atoms with Crippen molar-refractivity contribution >= 4 is 17.9 Å². The van der Waals surface area contributed by atoms with Crippen molar-refractivity contribution in [1.29, 1.82) is 0 Å². The predicted molar refractivity (Wildman–Crippen MR) is 80.3 cm³/mol. The summed E-state index contributed by atoms with van der Waals surface area (Å²) in [5.74, 6) is -1.30. The first-order valence-corrected chi connectivity index (χ1v) is 8.00. The summed E-state index contributed by atoms with van der Waals surface area (Å²) in [5.41, 5.74) is 0. The first kappa shape index (κ1) is 16.6. The summed E-state index contributed by atoms with van der Waals surface area (Å²) in [5, 5.41) is 11.8. The van der Waals surface area contributed by atoms with Gasteiger partial charge < -0.3 is 20.2 Å². The monoisotopic (exact) mass is 311 g/mol. The molecule has 0 aliphatic carbocycles. The van der Waals surface area contributed by atoms with Gasteiger partial charge in [-0.05, 0) is 31.6 Å². The van der Waals surface area contributed by atoms with E-state index in [9.17, 15) is 14.4 Å². The highest BCUT2D eigenvalue weighted by atomic mass is 16.4. The van der Waals surface area contributed by atoms with Gasteiger partial charge >= 0.3 is 12.0 Å². The molecule has 2 saturated heterocycles. The molecular formula is C15H25N3O4. The fourth-order valence-corrected chi connectivity index (χ4v) is 3.21. The fourth-order valence-electron chi connectivity index (χ4n) is 3.21. The molecule has 22 heavy (non-hydrogen) atoms. The van der Waals surface area contributed by atoms with E-state index in [2.05, 4.69) is 5.32 Å². The molecule has 2 aliphatic heterocycles. The van der Waals surface area contributed by atoms with E-state index in [1.807, 2.05) is 6.92 Å². The molecular weight excluding hydrogens is 286 g/mol. The highest BCUT2D eigenvalue weighted by molar-refractivity contribution is 5.84. The van der Waals surface area contributed by atoms with Crippen LogP contribution in [-0.2, 0) is 9.59 Å². The van der Waals surface area contributed by atoms with Gasteiger partial charge in [-0.15, -0.1) is 0 Å². The minimum absolute atomic E-state index is 0.0124. The van der Waals surface area contributed by atoms with Crippen LogP contribution < -0.4 is 5.32 Å². The van der Waals surface area contributed by atoms with Crippen molar-refractivity contribution in [3.05, 3.63) is 0 Å². The van der Waals surface area contributed by atoms with E-state index in [0.29, 0.717) is 13.0 Å². The predicted octanol–water partition coefficient (Wildman–Crippen LogP) is 0.751. The third-order valence-corrected chi connectivity index (χ3v) is 4.40. The Morgan fingerprint density at radius 3 is 2.41 bits per heavy atom. The number of hydrogen-bond acceptors (Lipinski definition) is 3.